The second-order valence-electron chi connectivity index (χ2n) is 6.76. The van der Waals surface area contributed by atoms with Crippen LogP contribution in [-0.4, -0.2) is 20.6 Å². The summed E-state index contributed by atoms with van der Waals surface area (Å²) in [5, 5.41) is 3.17. The molecule has 0 aliphatic rings. The normalized spacial score (nSPS) is 11.2. The lowest BCUT2D eigenvalue weighted by molar-refractivity contribution is 0.0951. The van der Waals surface area contributed by atoms with Crippen LogP contribution in [0.5, 0.6) is 0 Å². The lowest BCUT2D eigenvalue weighted by atomic mass is 10.1. The lowest BCUT2D eigenvalue weighted by Crippen LogP contribution is -2.29. The highest BCUT2D eigenvalue weighted by Crippen LogP contribution is 2.24. The van der Waals surface area contributed by atoms with E-state index in [1.165, 1.54) is 16.4 Å². The smallest absolute Gasteiger partial charge is 0.251 e. The number of hydrogen-bond donors (Lipinski definition) is 1. The molecular weight excluding hydrogens is 427 g/mol. The molecule has 3 rings (SSSR count). The Morgan fingerprint density at radius 1 is 1.00 bits per heavy atom. The van der Waals surface area contributed by atoms with E-state index in [0.717, 1.165) is 6.26 Å². The summed E-state index contributed by atoms with van der Waals surface area (Å²) >= 11 is 5.99. The van der Waals surface area contributed by atoms with E-state index in [1.54, 1.807) is 60.7 Å². The van der Waals surface area contributed by atoms with Crippen molar-refractivity contribution in [3.63, 3.8) is 0 Å². The summed E-state index contributed by atoms with van der Waals surface area (Å²) in [6.45, 7) is 0.305. The van der Waals surface area contributed by atoms with Crippen molar-refractivity contribution in [2.75, 3.05) is 10.6 Å². The zero-order valence-electron chi connectivity index (χ0n) is 16.2. The minimum absolute atomic E-state index is 0.102. The molecule has 156 valence electrons. The molecule has 0 bridgehead atoms. The Labute approximate surface area is 180 Å². The third-order valence-electron chi connectivity index (χ3n) is 4.38. The Kier molecular flexibility index (Phi) is 6.74. The molecule has 5 nitrogen and oxygen atoms in total. The maximum Gasteiger partial charge on any atom is 0.251 e. The first kappa shape index (κ1) is 21.8. The number of anilines is 1. The average Bonchev–Trinajstić information content (AvgIpc) is 2.70. The fraction of sp³-hybridized carbons (Fsp3) is 0.136. The molecule has 0 unspecified atom stereocenters. The van der Waals surface area contributed by atoms with Gasteiger partial charge in [-0.2, -0.15) is 0 Å². The molecule has 0 heterocycles. The summed E-state index contributed by atoms with van der Waals surface area (Å²) in [6, 6.07) is 19.2. The second kappa shape index (κ2) is 9.28. The van der Waals surface area contributed by atoms with E-state index in [1.807, 2.05) is 0 Å². The van der Waals surface area contributed by atoms with E-state index in [9.17, 15) is 17.6 Å². The summed E-state index contributed by atoms with van der Waals surface area (Å²) in [5.74, 6) is -0.665. The van der Waals surface area contributed by atoms with Crippen molar-refractivity contribution in [2.24, 2.45) is 0 Å². The zero-order chi connectivity index (χ0) is 21.7. The summed E-state index contributed by atoms with van der Waals surface area (Å²) in [7, 11) is -3.54. The van der Waals surface area contributed by atoms with Gasteiger partial charge in [0.2, 0.25) is 10.0 Å². The van der Waals surface area contributed by atoms with Crippen molar-refractivity contribution in [3.8, 4) is 0 Å². The summed E-state index contributed by atoms with van der Waals surface area (Å²) in [6.07, 6.45) is 1.13. The number of carbonyl (C=O) groups excluding carboxylic acids is 1. The van der Waals surface area contributed by atoms with Crippen molar-refractivity contribution >= 4 is 33.2 Å². The van der Waals surface area contributed by atoms with Gasteiger partial charge in [-0.25, -0.2) is 12.8 Å². The molecule has 0 saturated carbocycles. The van der Waals surface area contributed by atoms with Gasteiger partial charge in [0.25, 0.3) is 5.91 Å². The monoisotopic (exact) mass is 446 g/mol. The van der Waals surface area contributed by atoms with E-state index in [0.29, 0.717) is 27.4 Å². The van der Waals surface area contributed by atoms with Crippen LogP contribution in [0.1, 0.15) is 21.5 Å². The van der Waals surface area contributed by atoms with Crippen molar-refractivity contribution in [1.29, 1.82) is 0 Å². The molecule has 8 heteroatoms. The topological polar surface area (TPSA) is 66.5 Å². The summed E-state index contributed by atoms with van der Waals surface area (Å²) in [5.41, 5.74) is 2.25. The van der Waals surface area contributed by atoms with Crippen LogP contribution in [0.15, 0.2) is 72.8 Å². The van der Waals surface area contributed by atoms with Gasteiger partial charge in [-0.1, -0.05) is 41.9 Å². The van der Waals surface area contributed by atoms with E-state index in [-0.39, 0.29) is 24.8 Å². The number of hydrogen-bond acceptors (Lipinski definition) is 3. The Balaban J connectivity index is 1.70. The standard InChI is InChI=1S/C22H20ClFN2O3S/c1-30(28,29)26(21-7-3-5-19(23)13-21)15-16-8-10-18(11-9-16)22(27)25-14-17-4-2-6-20(24)12-17/h2-13H,14-15H2,1H3,(H,25,27). The van der Waals surface area contributed by atoms with Crippen molar-refractivity contribution in [1.82, 2.24) is 5.32 Å². The average molecular weight is 447 g/mol. The highest BCUT2D eigenvalue weighted by Gasteiger charge is 2.18. The molecule has 0 spiro atoms. The van der Waals surface area contributed by atoms with E-state index >= 15 is 0 Å². The Morgan fingerprint density at radius 2 is 1.70 bits per heavy atom. The van der Waals surface area contributed by atoms with Gasteiger partial charge in [-0.3, -0.25) is 9.10 Å². The molecule has 3 aromatic rings. The largest absolute Gasteiger partial charge is 0.348 e. The highest BCUT2D eigenvalue weighted by atomic mass is 35.5. The maximum absolute atomic E-state index is 13.2. The van der Waals surface area contributed by atoms with Gasteiger partial charge in [0.1, 0.15) is 5.82 Å². The van der Waals surface area contributed by atoms with Gasteiger partial charge in [0.05, 0.1) is 18.5 Å². The van der Waals surface area contributed by atoms with Crippen LogP contribution in [0.4, 0.5) is 10.1 Å². The number of carbonyl (C=O) groups is 1. The molecule has 0 fully saturated rings. The molecule has 3 aromatic carbocycles. The van der Waals surface area contributed by atoms with Crippen LogP contribution >= 0.6 is 11.6 Å². The van der Waals surface area contributed by atoms with Gasteiger partial charge >= 0.3 is 0 Å². The van der Waals surface area contributed by atoms with Crippen LogP contribution in [0.25, 0.3) is 0 Å². The van der Waals surface area contributed by atoms with Gasteiger partial charge < -0.3 is 5.32 Å². The molecule has 1 N–H and O–H groups in total. The number of halogens is 2. The molecular formula is C22H20ClFN2O3S. The second-order valence-corrected chi connectivity index (χ2v) is 9.10. The van der Waals surface area contributed by atoms with Crippen LogP contribution in [0.2, 0.25) is 5.02 Å². The van der Waals surface area contributed by atoms with Crippen molar-refractivity contribution in [2.45, 2.75) is 13.1 Å². The number of nitrogens with one attached hydrogen (secondary N) is 1. The van der Waals surface area contributed by atoms with Gasteiger partial charge in [0.15, 0.2) is 0 Å². The number of nitrogens with zero attached hydrogens (tertiary/aromatic N) is 1. The van der Waals surface area contributed by atoms with E-state index in [2.05, 4.69) is 5.32 Å². The number of benzene rings is 3. The Bertz CT molecular complexity index is 1150. The van der Waals surface area contributed by atoms with Crippen LogP contribution in [0, 0.1) is 5.82 Å². The highest BCUT2D eigenvalue weighted by molar-refractivity contribution is 7.92. The van der Waals surface area contributed by atoms with Gasteiger partial charge in [0, 0.05) is 17.1 Å². The zero-order valence-corrected chi connectivity index (χ0v) is 17.8. The first-order valence-corrected chi connectivity index (χ1v) is 11.3. The van der Waals surface area contributed by atoms with Crippen LogP contribution in [-0.2, 0) is 23.1 Å². The molecule has 0 saturated heterocycles. The maximum atomic E-state index is 13.2. The lowest BCUT2D eigenvalue weighted by Gasteiger charge is -2.22. The van der Waals surface area contributed by atoms with Crippen LogP contribution in [0.3, 0.4) is 0 Å². The number of rotatable bonds is 7. The Hall–Kier alpha value is -2.90. The van der Waals surface area contributed by atoms with Gasteiger partial charge in [-0.15, -0.1) is 0 Å². The van der Waals surface area contributed by atoms with Crippen molar-refractivity contribution < 1.29 is 17.6 Å². The van der Waals surface area contributed by atoms with E-state index < -0.39 is 10.0 Å². The predicted octanol–water partition coefficient (Wildman–Crippen LogP) is 4.38. The molecule has 0 atom stereocenters. The minimum atomic E-state index is -3.54. The third kappa shape index (κ3) is 5.81. The van der Waals surface area contributed by atoms with Crippen molar-refractivity contribution in [3.05, 3.63) is 100 Å². The minimum Gasteiger partial charge on any atom is -0.348 e. The SMILES string of the molecule is CS(=O)(=O)N(Cc1ccc(C(=O)NCc2cccc(F)c2)cc1)c1cccc(Cl)c1. The summed E-state index contributed by atoms with van der Waals surface area (Å²) in [4.78, 5) is 12.3. The molecule has 0 radical (unpaired) electrons. The first-order chi connectivity index (χ1) is 14.2. The summed E-state index contributed by atoms with van der Waals surface area (Å²) < 4.78 is 39.0. The quantitative estimate of drug-likeness (QED) is 0.585. The fourth-order valence-corrected chi connectivity index (χ4v) is 3.95. The molecule has 30 heavy (non-hydrogen) atoms. The fourth-order valence-electron chi connectivity index (χ4n) is 2.89. The molecule has 0 aliphatic carbocycles. The Morgan fingerprint density at radius 3 is 2.33 bits per heavy atom. The number of amides is 1. The molecule has 0 aromatic heterocycles. The van der Waals surface area contributed by atoms with Crippen LogP contribution < -0.4 is 9.62 Å². The third-order valence-corrected chi connectivity index (χ3v) is 5.76. The molecule has 1 amide bonds. The molecule has 0 aliphatic heterocycles. The number of sulfonamides is 1. The van der Waals surface area contributed by atoms with E-state index in [4.69, 9.17) is 11.6 Å². The van der Waals surface area contributed by atoms with Gasteiger partial charge in [-0.05, 0) is 53.6 Å². The predicted molar refractivity (Wildman–Crippen MR) is 116 cm³/mol. The first-order valence-electron chi connectivity index (χ1n) is 9.07.